The molecule has 172 valence electrons. The molecule has 32 heavy (non-hydrogen) atoms. The van der Waals surface area contributed by atoms with E-state index in [-0.39, 0.29) is 23.3 Å². The summed E-state index contributed by atoms with van der Waals surface area (Å²) in [7, 11) is 3.19. The van der Waals surface area contributed by atoms with Gasteiger partial charge >= 0.3 is 5.97 Å². The number of hydrogen-bond donors (Lipinski definition) is 0. The molecule has 3 aliphatic rings. The molecule has 0 amide bonds. The summed E-state index contributed by atoms with van der Waals surface area (Å²) in [6.07, 6.45) is 5.02. The van der Waals surface area contributed by atoms with Gasteiger partial charge in [0.05, 0.1) is 14.2 Å². The SMILES string of the molecule is COc1ccc([C@H]2C3=C(CC(C)(C)CC3=O)N=C(C)C2C(=O)OC2CCCC2)c(OC)c1. The minimum atomic E-state index is -0.651. The Morgan fingerprint density at radius 1 is 1.09 bits per heavy atom. The fourth-order valence-corrected chi connectivity index (χ4v) is 5.41. The second kappa shape index (κ2) is 8.72. The maximum Gasteiger partial charge on any atom is 0.315 e. The minimum absolute atomic E-state index is 0.0500. The predicted octanol–water partition coefficient (Wildman–Crippen LogP) is 5.01. The Morgan fingerprint density at radius 2 is 1.81 bits per heavy atom. The molecule has 1 aromatic rings. The van der Waals surface area contributed by atoms with E-state index in [1.54, 1.807) is 20.3 Å². The van der Waals surface area contributed by atoms with Crippen LogP contribution in [0.4, 0.5) is 0 Å². The lowest BCUT2D eigenvalue weighted by Crippen LogP contribution is -2.40. The van der Waals surface area contributed by atoms with E-state index in [9.17, 15) is 9.59 Å². The van der Waals surface area contributed by atoms with E-state index in [1.807, 2.05) is 19.1 Å². The number of carbonyl (C=O) groups excluding carboxylic acids is 2. The highest BCUT2D eigenvalue weighted by molar-refractivity contribution is 6.09. The van der Waals surface area contributed by atoms with Crippen LogP contribution in [0.15, 0.2) is 34.5 Å². The van der Waals surface area contributed by atoms with Crippen LogP contribution in [0.3, 0.4) is 0 Å². The normalized spacial score (nSPS) is 25.3. The fourth-order valence-electron chi connectivity index (χ4n) is 5.41. The molecule has 6 nitrogen and oxygen atoms in total. The van der Waals surface area contributed by atoms with Gasteiger partial charge in [0, 0.05) is 41.0 Å². The van der Waals surface area contributed by atoms with Gasteiger partial charge in [-0.2, -0.15) is 0 Å². The molecule has 1 aliphatic heterocycles. The summed E-state index contributed by atoms with van der Waals surface area (Å²) in [6, 6.07) is 5.54. The van der Waals surface area contributed by atoms with Crippen LogP contribution in [0.5, 0.6) is 11.5 Å². The number of allylic oxidation sites excluding steroid dienone is 2. The average Bonchev–Trinajstić information content (AvgIpc) is 3.24. The van der Waals surface area contributed by atoms with E-state index < -0.39 is 11.8 Å². The van der Waals surface area contributed by atoms with Crippen LogP contribution in [0.1, 0.15) is 70.8 Å². The average molecular weight is 440 g/mol. The van der Waals surface area contributed by atoms with E-state index in [0.29, 0.717) is 35.6 Å². The predicted molar refractivity (Wildman–Crippen MR) is 122 cm³/mol. The Hall–Kier alpha value is -2.63. The van der Waals surface area contributed by atoms with Crippen LogP contribution in [0.25, 0.3) is 0 Å². The summed E-state index contributed by atoms with van der Waals surface area (Å²) < 4.78 is 17.0. The molecule has 1 heterocycles. The van der Waals surface area contributed by atoms with Gasteiger partial charge < -0.3 is 14.2 Å². The van der Waals surface area contributed by atoms with Crippen LogP contribution < -0.4 is 9.47 Å². The molecule has 0 saturated heterocycles. The Balaban J connectivity index is 1.83. The van der Waals surface area contributed by atoms with Gasteiger partial charge in [-0.3, -0.25) is 14.6 Å². The topological polar surface area (TPSA) is 74.2 Å². The number of rotatable bonds is 5. The summed E-state index contributed by atoms with van der Waals surface area (Å²) in [6.45, 7) is 6.05. The van der Waals surface area contributed by atoms with Crippen molar-refractivity contribution in [1.29, 1.82) is 0 Å². The molecule has 1 saturated carbocycles. The quantitative estimate of drug-likeness (QED) is 0.603. The lowest BCUT2D eigenvalue weighted by atomic mass is 9.66. The van der Waals surface area contributed by atoms with Gasteiger partial charge in [0.1, 0.15) is 23.5 Å². The molecule has 2 aliphatic carbocycles. The highest BCUT2D eigenvalue weighted by atomic mass is 16.5. The van der Waals surface area contributed by atoms with Crippen molar-refractivity contribution < 1.29 is 23.8 Å². The fraction of sp³-hybridized carbons (Fsp3) is 0.577. The molecule has 0 spiro atoms. The first-order chi connectivity index (χ1) is 15.2. The van der Waals surface area contributed by atoms with E-state index >= 15 is 0 Å². The van der Waals surface area contributed by atoms with Crippen molar-refractivity contribution in [2.75, 3.05) is 14.2 Å². The van der Waals surface area contributed by atoms with Crippen LogP contribution in [-0.2, 0) is 14.3 Å². The van der Waals surface area contributed by atoms with Gasteiger partial charge in [0.15, 0.2) is 5.78 Å². The zero-order valence-electron chi connectivity index (χ0n) is 19.7. The molecule has 0 bridgehead atoms. The molecule has 0 aromatic heterocycles. The molecular weight excluding hydrogens is 406 g/mol. The first-order valence-corrected chi connectivity index (χ1v) is 11.5. The van der Waals surface area contributed by atoms with Crippen molar-refractivity contribution in [3.8, 4) is 11.5 Å². The van der Waals surface area contributed by atoms with Crippen molar-refractivity contribution in [1.82, 2.24) is 0 Å². The van der Waals surface area contributed by atoms with Crippen LogP contribution in [-0.4, -0.2) is 37.8 Å². The molecule has 6 heteroatoms. The summed E-state index contributed by atoms with van der Waals surface area (Å²) in [5, 5.41) is 0. The number of ketones is 1. The van der Waals surface area contributed by atoms with Gasteiger partial charge in [-0.15, -0.1) is 0 Å². The summed E-state index contributed by atoms with van der Waals surface area (Å²) in [5.41, 5.74) is 2.74. The van der Waals surface area contributed by atoms with Crippen molar-refractivity contribution >= 4 is 17.5 Å². The number of ether oxygens (including phenoxy) is 3. The highest BCUT2D eigenvalue weighted by Gasteiger charge is 2.47. The Kier molecular flexibility index (Phi) is 6.15. The van der Waals surface area contributed by atoms with E-state index in [2.05, 4.69) is 13.8 Å². The standard InChI is InChI=1S/C26H33NO5/c1-15-22(25(29)32-16-8-6-7-9-16)23(18-11-10-17(30-4)12-21(18)31-5)24-19(27-15)13-26(2,3)14-20(24)28/h10-12,16,22-23H,6-9,13-14H2,1-5H3/t22?,23-/m1/s1. The van der Waals surface area contributed by atoms with Crippen molar-refractivity contribution in [2.45, 2.75) is 71.3 Å². The number of esters is 1. The molecule has 2 atom stereocenters. The number of hydrogen-bond acceptors (Lipinski definition) is 6. The molecule has 0 N–H and O–H groups in total. The van der Waals surface area contributed by atoms with Gasteiger partial charge in [-0.1, -0.05) is 19.9 Å². The molecule has 4 rings (SSSR count). The minimum Gasteiger partial charge on any atom is -0.497 e. The zero-order valence-corrected chi connectivity index (χ0v) is 19.7. The number of aliphatic imine (C=N–C) groups is 1. The Morgan fingerprint density at radius 3 is 2.47 bits per heavy atom. The second-order valence-electron chi connectivity index (χ2n) is 9.96. The van der Waals surface area contributed by atoms with Gasteiger partial charge in [-0.25, -0.2) is 0 Å². The van der Waals surface area contributed by atoms with Crippen molar-refractivity contribution in [3.05, 3.63) is 35.0 Å². The highest BCUT2D eigenvalue weighted by Crippen LogP contribution is 2.50. The van der Waals surface area contributed by atoms with Crippen LogP contribution in [0.2, 0.25) is 0 Å². The van der Waals surface area contributed by atoms with E-state index in [1.165, 1.54) is 0 Å². The molecular formula is C26H33NO5. The molecule has 1 aromatic carbocycles. The monoisotopic (exact) mass is 439 g/mol. The molecule has 1 fully saturated rings. The van der Waals surface area contributed by atoms with E-state index in [0.717, 1.165) is 36.9 Å². The maximum absolute atomic E-state index is 13.5. The molecule has 0 radical (unpaired) electrons. The third-order valence-electron chi connectivity index (χ3n) is 6.92. The Labute approximate surface area is 190 Å². The first kappa shape index (κ1) is 22.6. The Bertz CT molecular complexity index is 984. The van der Waals surface area contributed by atoms with Crippen molar-refractivity contribution in [2.24, 2.45) is 16.3 Å². The summed E-state index contributed by atoms with van der Waals surface area (Å²) in [4.78, 5) is 31.7. The van der Waals surface area contributed by atoms with Crippen molar-refractivity contribution in [3.63, 3.8) is 0 Å². The number of Topliss-reactive ketones (excluding diaryl/α,β-unsaturated/α-hetero) is 1. The van der Waals surface area contributed by atoms with Crippen LogP contribution >= 0.6 is 0 Å². The number of nitrogens with zero attached hydrogens (tertiary/aromatic N) is 1. The third-order valence-corrected chi connectivity index (χ3v) is 6.92. The smallest absolute Gasteiger partial charge is 0.315 e. The van der Waals surface area contributed by atoms with Gasteiger partial charge in [-0.05, 0) is 50.5 Å². The zero-order chi connectivity index (χ0) is 23.0. The van der Waals surface area contributed by atoms with Crippen LogP contribution in [0, 0.1) is 11.3 Å². The third kappa shape index (κ3) is 4.19. The number of benzene rings is 1. The molecule has 1 unspecified atom stereocenters. The van der Waals surface area contributed by atoms with E-state index in [4.69, 9.17) is 19.2 Å². The summed E-state index contributed by atoms with van der Waals surface area (Å²) in [5.74, 6) is -0.142. The van der Waals surface area contributed by atoms with Gasteiger partial charge in [0.25, 0.3) is 0 Å². The number of methoxy groups -OCH3 is 2. The maximum atomic E-state index is 13.5. The summed E-state index contributed by atoms with van der Waals surface area (Å²) >= 11 is 0. The first-order valence-electron chi connectivity index (χ1n) is 11.5. The lowest BCUT2D eigenvalue weighted by Gasteiger charge is -2.39. The second-order valence-corrected chi connectivity index (χ2v) is 9.96. The largest absolute Gasteiger partial charge is 0.497 e. The van der Waals surface area contributed by atoms with Gasteiger partial charge in [0.2, 0.25) is 0 Å². The lowest BCUT2D eigenvalue weighted by molar-refractivity contribution is -0.151. The number of carbonyl (C=O) groups is 2.